The highest BCUT2D eigenvalue weighted by atomic mass is 28.4. The molecule has 1 aliphatic heterocycles. The number of hydrogen-bond acceptors (Lipinski definition) is 6. The van der Waals surface area contributed by atoms with Gasteiger partial charge in [-0.1, -0.05) is 81.4 Å². The summed E-state index contributed by atoms with van der Waals surface area (Å²) in [6.07, 6.45) is 0.419. The summed E-state index contributed by atoms with van der Waals surface area (Å²) in [5, 5.41) is 2.06. The van der Waals surface area contributed by atoms with Gasteiger partial charge in [-0.3, -0.25) is 14.3 Å². The van der Waals surface area contributed by atoms with Crippen LogP contribution in [0.3, 0.4) is 0 Å². The molecule has 186 valence electrons. The number of rotatable bonds is 7. The normalized spacial score (nSPS) is 20.8. The van der Waals surface area contributed by atoms with E-state index in [0.29, 0.717) is 12.0 Å². The Balaban J connectivity index is 1.80. The van der Waals surface area contributed by atoms with E-state index in [9.17, 15) is 9.59 Å². The summed E-state index contributed by atoms with van der Waals surface area (Å²) in [5.74, 6) is 5.46. The summed E-state index contributed by atoms with van der Waals surface area (Å²) in [6.45, 7) is 8.38. The van der Waals surface area contributed by atoms with Crippen LogP contribution in [-0.4, -0.2) is 36.7 Å². The van der Waals surface area contributed by atoms with Crippen LogP contribution in [0.5, 0.6) is 0 Å². The molecule has 0 radical (unpaired) electrons. The first-order valence-electron chi connectivity index (χ1n) is 11.8. The van der Waals surface area contributed by atoms with Crippen molar-refractivity contribution in [1.29, 1.82) is 0 Å². The molecular weight excluding hydrogens is 462 g/mol. The van der Waals surface area contributed by atoms with Crippen LogP contribution in [0.25, 0.3) is 0 Å². The van der Waals surface area contributed by atoms with Gasteiger partial charge in [-0.25, -0.2) is 10.7 Å². The highest BCUT2D eigenvalue weighted by Gasteiger charge is 2.53. The quantitative estimate of drug-likeness (QED) is 0.383. The molecule has 9 heteroatoms. The third-order valence-corrected chi connectivity index (χ3v) is 11.7. The molecule has 3 atom stereocenters. The fraction of sp³-hybridized carbons (Fsp3) is 0.385. The van der Waals surface area contributed by atoms with Crippen LogP contribution in [0, 0.1) is 6.92 Å². The van der Waals surface area contributed by atoms with Gasteiger partial charge in [0.15, 0.2) is 0 Å². The van der Waals surface area contributed by atoms with Crippen molar-refractivity contribution in [2.24, 2.45) is 5.90 Å². The van der Waals surface area contributed by atoms with Crippen LogP contribution in [0.1, 0.15) is 39.0 Å². The maximum Gasteiger partial charge on any atom is 0.330 e. The van der Waals surface area contributed by atoms with E-state index in [0.717, 1.165) is 10.4 Å². The van der Waals surface area contributed by atoms with Gasteiger partial charge in [0.2, 0.25) is 0 Å². The number of nitrogens with one attached hydrogen (secondary N) is 1. The maximum absolute atomic E-state index is 12.6. The molecule has 1 fully saturated rings. The molecule has 4 rings (SSSR count). The minimum Gasteiger partial charge on any atom is -0.402 e. The summed E-state index contributed by atoms with van der Waals surface area (Å²) >= 11 is 0. The van der Waals surface area contributed by atoms with Crippen LogP contribution in [0.2, 0.25) is 5.04 Å². The van der Waals surface area contributed by atoms with E-state index >= 15 is 0 Å². The first-order chi connectivity index (χ1) is 16.7. The van der Waals surface area contributed by atoms with Crippen LogP contribution >= 0.6 is 0 Å². The van der Waals surface area contributed by atoms with Gasteiger partial charge in [-0.05, 0) is 22.3 Å². The topological polar surface area (TPSA) is 109 Å². The van der Waals surface area contributed by atoms with Gasteiger partial charge in [0.25, 0.3) is 13.9 Å². The fourth-order valence-electron chi connectivity index (χ4n) is 4.96. The number of nitrogens with zero attached hydrogens (tertiary/aromatic N) is 1. The van der Waals surface area contributed by atoms with Crippen molar-refractivity contribution >= 4 is 18.7 Å². The number of nitrogens with two attached hydrogens (primary N) is 1. The molecule has 0 unspecified atom stereocenters. The number of aromatic amines is 1. The van der Waals surface area contributed by atoms with E-state index in [1.807, 2.05) is 36.4 Å². The highest BCUT2D eigenvalue weighted by molar-refractivity contribution is 6.99. The van der Waals surface area contributed by atoms with Gasteiger partial charge in [-0.2, -0.15) is 0 Å². The average molecular weight is 496 g/mol. The molecule has 8 nitrogen and oxygen atoms in total. The predicted molar refractivity (Wildman–Crippen MR) is 137 cm³/mol. The van der Waals surface area contributed by atoms with Gasteiger partial charge in [0.05, 0.1) is 12.7 Å². The third kappa shape index (κ3) is 4.82. The van der Waals surface area contributed by atoms with Crippen molar-refractivity contribution in [3.8, 4) is 0 Å². The fourth-order valence-corrected chi connectivity index (χ4v) is 9.68. The number of ether oxygens (including phenoxy) is 1. The molecule has 0 bridgehead atoms. The van der Waals surface area contributed by atoms with Crippen molar-refractivity contribution < 1.29 is 14.0 Å². The van der Waals surface area contributed by atoms with E-state index in [1.165, 1.54) is 10.8 Å². The average Bonchev–Trinajstić information content (AvgIpc) is 3.22. The lowest BCUT2D eigenvalue weighted by molar-refractivity contribution is -0.0618. The van der Waals surface area contributed by atoms with Crippen molar-refractivity contribution in [2.45, 2.75) is 57.6 Å². The highest BCUT2D eigenvalue weighted by Crippen LogP contribution is 2.41. The second-order valence-corrected chi connectivity index (χ2v) is 14.2. The number of aryl methyl sites for hydroxylation is 1. The van der Waals surface area contributed by atoms with Gasteiger partial charge in [0, 0.05) is 18.2 Å². The molecule has 1 aromatic heterocycles. The summed E-state index contributed by atoms with van der Waals surface area (Å²) in [4.78, 5) is 31.8. The number of aromatic nitrogens is 2. The Labute approximate surface area is 205 Å². The molecule has 1 aliphatic rings. The van der Waals surface area contributed by atoms with Crippen LogP contribution < -0.4 is 27.5 Å². The molecule has 3 N–H and O–H groups in total. The SMILES string of the molecule is Cc1cn([C@H]2C[C@H](O[Si](c3ccccc3)(c3ccccc3)C(C)(C)C)[C@@H](CON)O2)c(=O)[nH]c1=O. The molecule has 35 heavy (non-hydrogen) atoms. The maximum atomic E-state index is 12.6. The van der Waals surface area contributed by atoms with Gasteiger partial charge < -0.3 is 14.0 Å². The summed E-state index contributed by atoms with van der Waals surface area (Å²) in [7, 11) is -2.87. The second kappa shape index (κ2) is 10.0. The third-order valence-electron chi connectivity index (χ3n) is 6.64. The van der Waals surface area contributed by atoms with E-state index in [2.05, 4.69) is 50.0 Å². The van der Waals surface area contributed by atoms with E-state index in [4.69, 9.17) is 19.9 Å². The van der Waals surface area contributed by atoms with E-state index < -0.39 is 38.0 Å². The molecule has 2 aromatic carbocycles. The Morgan fingerprint density at radius 1 is 1.06 bits per heavy atom. The van der Waals surface area contributed by atoms with Crippen molar-refractivity contribution in [1.82, 2.24) is 9.55 Å². The summed E-state index contributed by atoms with van der Waals surface area (Å²) in [6, 6.07) is 20.6. The zero-order valence-corrected chi connectivity index (χ0v) is 21.6. The van der Waals surface area contributed by atoms with E-state index in [1.54, 1.807) is 6.92 Å². The lowest BCUT2D eigenvalue weighted by Gasteiger charge is -2.45. The Morgan fingerprint density at radius 3 is 2.14 bits per heavy atom. The van der Waals surface area contributed by atoms with Gasteiger partial charge in [-0.15, -0.1) is 0 Å². The second-order valence-electron chi connectivity index (χ2n) is 10.00. The lowest BCUT2D eigenvalue weighted by Crippen LogP contribution is -2.68. The predicted octanol–water partition coefficient (Wildman–Crippen LogP) is 1.97. The van der Waals surface area contributed by atoms with Crippen LogP contribution in [0.15, 0.2) is 76.4 Å². The smallest absolute Gasteiger partial charge is 0.330 e. The molecule has 0 aliphatic carbocycles. The molecule has 2 heterocycles. The van der Waals surface area contributed by atoms with Gasteiger partial charge >= 0.3 is 5.69 Å². The zero-order valence-electron chi connectivity index (χ0n) is 20.6. The van der Waals surface area contributed by atoms with Crippen molar-refractivity contribution in [3.63, 3.8) is 0 Å². The van der Waals surface area contributed by atoms with Crippen LogP contribution in [0.4, 0.5) is 0 Å². The number of H-pyrrole nitrogens is 1. The van der Waals surface area contributed by atoms with Gasteiger partial charge in [0.1, 0.15) is 12.3 Å². The molecule has 0 amide bonds. The number of benzene rings is 2. The largest absolute Gasteiger partial charge is 0.402 e. The van der Waals surface area contributed by atoms with Crippen molar-refractivity contribution in [2.75, 3.05) is 6.61 Å². The standard InChI is InChI=1S/C26H33N3O5Si/c1-18-16-29(25(31)28-24(18)30)23-15-21(22(33-23)17-32-27)34-35(26(2,3)4,19-11-7-5-8-12-19)20-13-9-6-10-14-20/h5-14,16,21-23H,15,17,27H2,1-4H3,(H,28,30,31)/t21-,22+,23+/m0/s1. The Bertz CT molecular complexity index is 1210. The van der Waals surface area contributed by atoms with Crippen molar-refractivity contribution in [3.05, 3.63) is 93.3 Å². The molecule has 3 aromatic rings. The molecule has 1 saturated heterocycles. The minimum atomic E-state index is -2.87. The Hall–Kier alpha value is -2.82. The molecular formula is C26H33N3O5Si. The minimum absolute atomic E-state index is 0.108. The lowest BCUT2D eigenvalue weighted by atomic mass is 10.2. The first-order valence-corrected chi connectivity index (χ1v) is 13.7. The monoisotopic (exact) mass is 495 g/mol. The molecule has 0 saturated carbocycles. The number of hydrogen-bond donors (Lipinski definition) is 2. The van der Waals surface area contributed by atoms with E-state index in [-0.39, 0.29) is 11.6 Å². The summed E-state index contributed by atoms with van der Waals surface area (Å²) in [5.41, 5.74) is -0.508. The Kier molecular flexibility index (Phi) is 7.25. The Morgan fingerprint density at radius 2 is 1.63 bits per heavy atom. The van der Waals surface area contributed by atoms with Crippen LogP contribution in [-0.2, 0) is 14.0 Å². The molecule has 0 spiro atoms. The summed E-state index contributed by atoms with van der Waals surface area (Å²) < 4.78 is 14.9. The zero-order chi connectivity index (χ0) is 25.2. The first kappa shape index (κ1) is 25.3.